The fourth-order valence-electron chi connectivity index (χ4n) is 3.91. The van der Waals surface area contributed by atoms with Gasteiger partial charge in [0.2, 0.25) is 0 Å². The second-order valence-corrected chi connectivity index (χ2v) is 21.8. The predicted octanol–water partition coefficient (Wildman–Crippen LogP) is 9.32. The molecule has 0 unspecified atom stereocenters. The largest absolute Gasteiger partial charge is 0.501 e. The van der Waals surface area contributed by atoms with Crippen molar-refractivity contribution in [1.29, 1.82) is 0 Å². The molecule has 45 heavy (non-hydrogen) atoms. The first-order valence-corrected chi connectivity index (χ1v) is 25.0. The van der Waals surface area contributed by atoms with Crippen LogP contribution in [0.3, 0.4) is 0 Å². The van der Waals surface area contributed by atoms with Gasteiger partial charge in [0.05, 0.1) is 16.8 Å². The zero-order chi connectivity index (χ0) is 33.4. The van der Waals surface area contributed by atoms with Gasteiger partial charge in [-0.15, -0.1) is 11.3 Å². The molecule has 0 aliphatic heterocycles. The maximum absolute atomic E-state index is 11.2. The molecule has 2 rings (SSSR count). The molecule has 16 heteroatoms. The molecule has 0 aliphatic carbocycles. The van der Waals surface area contributed by atoms with E-state index in [1.165, 1.54) is 4.70 Å². The van der Waals surface area contributed by atoms with Gasteiger partial charge in [-0.05, 0) is 104 Å². The van der Waals surface area contributed by atoms with Crippen molar-refractivity contribution in [3.05, 3.63) is 36.4 Å². The Morgan fingerprint density at radius 1 is 0.800 bits per heavy atom. The molecule has 0 aliphatic rings. The van der Waals surface area contributed by atoms with Crippen molar-refractivity contribution in [2.45, 2.75) is 77.7 Å². The van der Waals surface area contributed by atoms with Crippen LogP contribution in [0.15, 0.2) is 40.8 Å². The molecule has 1 aromatic carbocycles. The molecule has 2 aromatic rings. The summed E-state index contributed by atoms with van der Waals surface area (Å²) in [4.78, 5) is 15.9. The number of thiazole rings is 1. The third-order valence-electron chi connectivity index (χ3n) is 5.56. The number of hydrogen-bond donors (Lipinski definition) is 0. The van der Waals surface area contributed by atoms with Gasteiger partial charge in [-0.2, -0.15) is 0 Å². The molecule has 0 fully saturated rings. The Hall–Kier alpha value is -0.0862. The van der Waals surface area contributed by atoms with Gasteiger partial charge in [-0.3, -0.25) is 0 Å². The van der Waals surface area contributed by atoms with Crippen LogP contribution in [-0.2, 0) is 36.1 Å². The van der Waals surface area contributed by atoms with Crippen LogP contribution < -0.4 is 0 Å². The van der Waals surface area contributed by atoms with E-state index >= 15 is 0 Å². The molecule has 0 spiro atoms. The van der Waals surface area contributed by atoms with E-state index in [2.05, 4.69) is 29.8 Å². The monoisotopic (exact) mass is 757 g/mol. The van der Waals surface area contributed by atoms with E-state index in [0.717, 1.165) is 28.1 Å². The van der Waals surface area contributed by atoms with E-state index in [9.17, 15) is 4.79 Å². The van der Waals surface area contributed by atoms with Crippen LogP contribution in [0.5, 0.6) is 0 Å². The van der Waals surface area contributed by atoms with Crippen LogP contribution in [0, 0.1) is 0 Å². The highest BCUT2D eigenvalue weighted by atomic mass is 33.7. The minimum Gasteiger partial charge on any atom is -0.462 e. The van der Waals surface area contributed by atoms with Gasteiger partial charge in [-0.25, -0.2) is 9.78 Å². The highest BCUT2D eigenvalue weighted by Crippen LogP contribution is 2.48. The highest BCUT2D eigenvalue weighted by Gasteiger charge is 2.40. The zero-order valence-electron chi connectivity index (χ0n) is 27.8. The fraction of sp³-hybridized carbons (Fsp3) is 0.655. The minimum absolute atomic E-state index is 0.327. The van der Waals surface area contributed by atoms with Crippen molar-refractivity contribution >= 4 is 86.4 Å². The van der Waals surface area contributed by atoms with Crippen molar-refractivity contribution in [2.24, 2.45) is 0 Å². The zero-order valence-corrected chi connectivity index (χ0v) is 33.8. The number of rotatable bonds is 25. The molecule has 0 saturated carbocycles. The summed E-state index contributed by atoms with van der Waals surface area (Å²) in [6.07, 6.45) is 1.70. The van der Waals surface area contributed by atoms with Crippen LogP contribution in [0.25, 0.3) is 10.2 Å². The summed E-state index contributed by atoms with van der Waals surface area (Å²) in [5.74, 6) is 0.691. The summed E-state index contributed by atoms with van der Waals surface area (Å²) in [7, 11) is 2.09. The molecule has 0 radical (unpaired) electrons. The maximum Gasteiger partial charge on any atom is 0.501 e. The molecule has 258 valence electrons. The molecule has 0 N–H and O–H groups in total. The summed E-state index contributed by atoms with van der Waals surface area (Å²) in [6.45, 7) is 20.8. The van der Waals surface area contributed by atoms with E-state index in [4.69, 9.17) is 31.3 Å². The van der Waals surface area contributed by atoms with Crippen molar-refractivity contribution < 1.29 is 36.1 Å². The van der Waals surface area contributed by atoms with Crippen molar-refractivity contribution in [2.75, 3.05) is 52.0 Å². The van der Waals surface area contributed by atoms with Crippen LogP contribution in [-0.4, -0.2) is 80.6 Å². The van der Waals surface area contributed by atoms with Crippen LogP contribution >= 0.6 is 52.6 Å². The lowest BCUT2D eigenvalue weighted by molar-refractivity contribution is -0.139. The van der Waals surface area contributed by atoms with E-state index in [1.807, 2.05) is 58.4 Å². The quantitative estimate of drug-likeness (QED) is 0.0317. The van der Waals surface area contributed by atoms with Crippen molar-refractivity contribution in [3.8, 4) is 0 Å². The molecule has 0 amide bonds. The summed E-state index contributed by atoms with van der Waals surface area (Å²) < 4.78 is 42.2. The van der Waals surface area contributed by atoms with Gasteiger partial charge >= 0.3 is 23.6 Å². The Morgan fingerprint density at radius 3 is 1.80 bits per heavy atom. The molecule has 1 heterocycles. The Morgan fingerprint density at radius 2 is 1.31 bits per heavy atom. The maximum atomic E-state index is 11.2. The number of ether oxygens (including phenoxy) is 1. The summed E-state index contributed by atoms with van der Waals surface area (Å²) in [5.41, 5.74) is 1.49. The SMILES string of the molecule is C=C(C)C(=O)OCCC[Si](OCC)(OCC)OCC.CCO[Si](CCCSSSSc1nc2ccccc2s1)(OCC)OCC. The molecule has 0 saturated heterocycles. The number of nitrogens with zero attached hydrogens (tertiary/aromatic N) is 1. The molecule has 9 nitrogen and oxygen atoms in total. The number of carbonyl (C=O) groups excluding carboxylic acids is 1. The average molecular weight is 758 g/mol. The number of esters is 1. The number of carbonyl (C=O) groups is 1. The lowest BCUT2D eigenvalue weighted by Crippen LogP contribution is -2.46. The smallest absolute Gasteiger partial charge is 0.462 e. The first kappa shape index (κ1) is 42.9. The van der Waals surface area contributed by atoms with Gasteiger partial charge in [0.25, 0.3) is 0 Å². The lowest BCUT2D eigenvalue weighted by Gasteiger charge is -2.28. The Bertz CT molecular complexity index is 1020. The predicted molar refractivity (Wildman–Crippen MR) is 199 cm³/mol. The van der Waals surface area contributed by atoms with E-state index in [1.54, 1.807) is 48.7 Å². The third-order valence-corrected chi connectivity index (χ3v) is 19.5. The molecular weight excluding hydrogens is 707 g/mol. The molecule has 0 atom stereocenters. The Balaban J connectivity index is 0.000000476. The summed E-state index contributed by atoms with van der Waals surface area (Å²) in [5, 5.41) is 0. The first-order chi connectivity index (χ1) is 21.7. The molecule has 0 bridgehead atoms. The van der Waals surface area contributed by atoms with Crippen molar-refractivity contribution in [1.82, 2.24) is 4.98 Å². The lowest BCUT2D eigenvalue weighted by atomic mass is 10.3. The van der Waals surface area contributed by atoms with Gasteiger partial charge in [-0.1, -0.05) is 29.5 Å². The topological polar surface area (TPSA) is 94.6 Å². The van der Waals surface area contributed by atoms with E-state index < -0.39 is 17.6 Å². The number of fused-ring (bicyclic) bond motifs is 1. The second-order valence-electron chi connectivity index (χ2n) is 9.08. The minimum atomic E-state index is -2.61. The number of benzene rings is 1. The standard InChI is InChI=1S/C16H25NO3S5Si.C13H26O5Si/c1-4-18-26(19-5-2,20-6-3)13-9-12-21-24-25-23-16-17-14-10-7-8-11-15(14)22-16;1-6-16-19(17-7-2,18-8-3)11-9-10-15-13(14)12(4)5/h7-8,10-11H,4-6,9,12-13H2,1-3H3;4,6-11H2,1-3,5H3. The third kappa shape index (κ3) is 17.8. The number of para-hydroxylation sites is 1. The average Bonchev–Trinajstić information content (AvgIpc) is 3.43. The van der Waals surface area contributed by atoms with Crippen LogP contribution in [0.4, 0.5) is 0 Å². The summed E-state index contributed by atoms with van der Waals surface area (Å²) >= 11 is 1.75. The van der Waals surface area contributed by atoms with Crippen molar-refractivity contribution in [3.63, 3.8) is 0 Å². The first-order valence-electron chi connectivity index (χ1n) is 15.4. The Labute approximate surface area is 291 Å². The Kier molecular flexibility index (Phi) is 24.7. The second kappa shape index (κ2) is 25.9. The van der Waals surface area contributed by atoms with E-state index in [0.29, 0.717) is 64.3 Å². The number of aromatic nitrogens is 1. The van der Waals surface area contributed by atoms with Crippen LogP contribution in [0.2, 0.25) is 12.1 Å². The van der Waals surface area contributed by atoms with Gasteiger partial charge in [0.1, 0.15) is 0 Å². The molecule has 1 aromatic heterocycles. The van der Waals surface area contributed by atoms with E-state index in [-0.39, 0.29) is 5.97 Å². The fourth-order valence-corrected chi connectivity index (χ4v) is 16.7. The van der Waals surface area contributed by atoms with Crippen LogP contribution in [0.1, 0.15) is 61.3 Å². The van der Waals surface area contributed by atoms with Gasteiger partial charge in [0.15, 0.2) is 4.34 Å². The molecular formula is C29H51NO8S5Si2. The van der Waals surface area contributed by atoms with Gasteiger partial charge in [0, 0.05) is 63.1 Å². The normalized spacial score (nSPS) is 11.8. The highest BCUT2D eigenvalue weighted by molar-refractivity contribution is 9.26. The number of hydrogen-bond acceptors (Lipinski definition) is 14. The summed E-state index contributed by atoms with van der Waals surface area (Å²) in [6, 6.07) is 9.80. The van der Waals surface area contributed by atoms with Gasteiger partial charge < -0.3 is 31.3 Å².